The van der Waals surface area contributed by atoms with Crippen LogP contribution in [-0.4, -0.2) is 40.5 Å². The fraction of sp³-hybridized carbons (Fsp3) is 0.375. The third-order valence-corrected chi connectivity index (χ3v) is 6.27. The average Bonchev–Trinajstić information content (AvgIpc) is 2.71. The van der Waals surface area contributed by atoms with Crippen LogP contribution >= 0.6 is 0 Å². The molecule has 1 atom stereocenters. The van der Waals surface area contributed by atoms with Crippen molar-refractivity contribution in [1.82, 2.24) is 14.8 Å². The molecular formula is C24H27N3. The van der Waals surface area contributed by atoms with Crippen molar-refractivity contribution in [2.75, 3.05) is 19.6 Å². The van der Waals surface area contributed by atoms with Crippen molar-refractivity contribution >= 4 is 0 Å². The zero-order valence-corrected chi connectivity index (χ0v) is 15.8. The van der Waals surface area contributed by atoms with Crippen LogP contribution in [-0.2, 0) is 13.0 Å². The van der Waals surface area contributed by atoms with Gasteiger partial charge in [0.15, 0.2) is 0 Å². The summed E-state index contributed by atoms with van der Waals surface area (Å²) in [5, 5.41) is 0. The first-order valence-electron chi connectivity index (χ1n) is 10.2. The molecule has 1 fully saturated rings. The minimum Gasteiger partial charge on any atom is -0.293 e. The third kappa shape index (κ3) is 3.38. The van der Waals surface area contributed by atoms with Crippen molar-refractivity contribution in [2.24, 2.45) is 0 Å². The quantitative estimate of drug-likeness (QED) is 0.820. The number of hydrogen-bond acceptors (Lipinski definition) is 3. The maximum absolute atomic E-state index is 4.28. The van der Waals surface area contributed by atoms with E-state index in [-0.39, 0.29) is 0 Å². The average molecular weight is 358 g/mol. The molecule has 3 aliphatic rings. The van der Waals surface area contributed by atoms with Crippen LogP contribution in [0.25, 0.3) is 0 Å². The van der Waals surface area contributed by atoms with Crippen LogP contribution in [0.3, 0.4) is 0 Å². The molecule has 2 aliphatic heterocycles. The summed E-state index contributed by atoms with van der Waals surface area (Å²) in [6.45, 7) is 4.56. The molecule has 1 aliphatic carbocycles. The van der Waals surface area contributed by atoms with Crippen molar-refractivity contribution in [1.29, 1.82) is 0 Å². The van der Waals surface area contributed by atoms with Gasteiger partial charge in [-0.25, -0.2) is 0 Å². The van der Waals surface area contributed by atoms with E-state index in [1.54, 1.807) is 0 Å². The second-order valence-corrected chi connectivity index (χ2v) is 7.97. The van der Waals surface area contributed by atoms with Gasteiger partial charge in [0.05, 0.1) is 6.04 Å². The summed E-state index contributed by atoms with van der Waals surface area (Å²) in [6, 6.07) is 14.3. The Morgan fingerprint density at radius 2 is 1.89 bits per heavy atom. The third-order valence-electron chi connectivity index (χ3n) is 6.27. The summed E-state index contributed by atoms with van der Waals surface area (Å²) >= 11 is 0. The summed E-state index contributed by atoms with van der Waals surface area (Å²) in [6.07, 6.45) is 14.6. The number of rotatable bonds is 4. The van der Waals surface area contributed by atoms with Gasteiger partial charge in [-0.05, 0) is 47.6 Å². The SMILES string of the molecule is C1=CC(C(c2ccccc2)N2CC(N3CCc4cnccc4C3)C2)=CCC1. The van der Waals surface area contributed by atoms with Crippen molar-refractivity contribution in [3.63, 3.8) is 0 Å². The number of benzene rings is 1. The summed E-state index contributed by atoms with van der Waals surface area (Å²) in [4.78, 5) is 9.61. The van der Waals surface area contributed by atoms with Crippen molar-refractivity contribution in [2.45, 2.75) is 37.9 Å². The molecule has 1 unspecified atom stereocenters. The molecule has 1 aromatic heterocycles. The molecular weight excluding hydrogens is 330 g/mol. The number of nitrogens with zero attached hydrogens (tertiary/aromatic N) is 3. The molecule has 2 aromatic rings. The first-order valence-corrected chi connectivity index (χ1v) is 10.2. The van der Waals surface area contributed by atoms with Gasteiger partial charge >= 0.3 is 0 Å². The van der Waals surface area contributed by atoms with Crippen molar-refractivity contribution in [3.8, 4) is 0 Å². The smallest absolute Gasteiger partial charge is 0.0599 e. The van der Waals surface area contributed by atoms with Gasteiger partial charge in [-0.2, -0.15) is 0 Å². The zero-order chi connectivity index (χ0) is 18.1. The number of likely N-dealkylation sites (tertiary alicyclic amines) is 1. The fourth-order valence-electron chi connectivity index (χ4n) is 4.72. The Morgan fingerprint density at radius 1 is 1.00 bits per heavy atom. The van der Waals surface area contributed by atoms with Gasteiger partial charge in [0.25, 0.3) is 0 Å². The molecule has 27 heavy (non-hydrogen) atoms. The van der Waals surface area contributed by atoms with E-state index in [0.717, 1.165) is 32.6 Å². The molecule has 0 saturated carbocycles. The summed E-state index contributed by atoms with van der Waals surface area (Å²) in [7, 11) is 0. The number of hydrogen-bond donors (Lipinski definition) is 0. The van der Waals surface area contributed by atoms with E-state index in [1.165, 1.54) is 35.1 Å². The normalized spacial score (nSPS) is 22.0. The Kier molecular flexibility index (Phi) is 4.64. The van der Waals surface area contributed by atoms with Gasteiger partial charge in [-0.1, -0.05) is 48.6 Å². The lowest BCUT2D eigenvalue weighted by Gasteiger charge is -2.50. The van der Waals surface area contributed by atoms with E-state index < -0.39 is 0 Å². The van der Waals surface area contributed by atoms with Crippen LogP contribution in [0, 0.1) is 0 Å². The maximum atomic E-state index is 4.28. The van der Waals surface area contributed by atoms with Crippen LogP contribution in [0.1, 0.15) is 35.6 Å². The molecule has 0 bridgehead atoms. The molecule has 0 radical (unpaired) electrons. The van der Waals surface area contributed by atoms with E-state index in [9.17, 15) is 0 Å². The highest BCUT2D eigenvalue weighted by atomic mass is 15.3. The number of pyridine rings is 1. The van der Waals surface area contributed by atoms with Crippen molar-refractivity contribution < 1.29 is 0 Å². The lowest BCUT2D eigenvalue weighted by Crippen LogP contribution is -2.60. The van der Waals surface area contributed by atoms with E-state index in [1.807, 2.05) is 12.4 Å². The molecule has 1 saturated heterocycles. The maximum Gasteiger partial charge on any atom is 0.0599 e. The molecule has 3 heterocycles. The Balaban J connectivity index is 1.30. The summed E-state index contributed by atoms with van der Waals surface area (Å²) < 4.78 is 0. The molecule has 0 N–H and O–H groups in total. The van der Waals surface area contributed by atoms with E-state index in [4.69, 9.17) is 0 Å². The Hall–Kier alpha value is -2.23. The molecule has 0 spiro atoms. The van der Waals surface area contributed by atoms with Gasteiger partial charge in [0.2, 0.25) is 0 Å². The molecule has 0 amide bonds. The first kappa shape index (κ1) is 16.9. The first-order chi connectivity index (χ1) is 13.4. The minimum absolute atomic E-state index is 0.403. The summed E-state index contributed by atoms with van der Waals surface area (Å²) in [5.41, 5.74) is 5.79. The molecule has 1 aromatic carbocycles. The van der Waals surface area contributed by atoms with Gasteiger partial charge in [0.1, 0.15) is 0 Å². The van der Waals surface area contributed by atoms with E-state index in [0.29, 0.717) is 12.1 Å². The zero-order valence-electron chi connectivity index (χ0n) is 15.8. The van der Waals surface area contributed by atoms with Crippen LogP contribution in [0.2, 0.25) is 0 Å². The Labute approximate surface area is 162 Å². The predicted molar refractivity (Wildman–Crippen MR) is 109 cm³/mol. The predicted octanol–water partition coefficient (Wildman–Crippen LogP) is 4.14. The van der Waals surface area contributed by atoms with Crippen LogP contribution in [0.15, 0.2) is 72.6 Å². The molecule has 3 heteroatoms. The lowest BCUT2D eigenvalue weighted by molar-refractivity contribution is 0.00695. The highest BCUT2D eigenvalue weighted by Crippen LogP contribution is 2.36. The topological polar surface area (TPSA) is 19.4 Å². The number of allylic oxidation sites excluding steroid dienone is 2. The number of aromatic nitrogens is 1. The van der Waals surface area contributed by atoms with Gasteiger partial charge in [-0.3, -0.25) is 14.8 Å². The van der Waals surface area contributed by atoms with Gasteiger partial charge in [-0.15, -0.1) is 0 Å². The lowest BCUT2D eigenvalue weighted by atomic mass is 9.89. The van der Waals surface area contributed by atoms with Crippen LogP contribution in [0.4, 0.5) is 0 Å². The highest BCUT2D eigenvalue weighted by molar-refractivity contribution is 5.37. The minimum atomic E-state index is 0.403. The van der Waals surface area contributed by atoms with Gasteiger partial charge in [0, 0.05) is 44.6 Å². The van der Waals surface area contributed by atoms with Crippen LogP contribution < -0.4 is 0 Å². The van der Waals surface area contributed by atoms with E-state index >= 15 is 0 Å². The Morgan fingerprint density at radius 3 is 2.70 bits per heavy atom. The molecule has 138 valence electrons. The second-order valence-electron chi connectivity index (χ2n) is 7.97. The van der Waals surface area contributed by atoms with Crippen molar-refractivity contribution in [3.05, 3.63) is 89.3 Å². The molecule has 5 rings (SSSR count). The molecule has 3 nitrogen and oxygen atoms in total. The van der Waals surface area contributed by atoms with Gasteiger partial charge < -0.3 is 0 Å². The fourth-order valence-corrected chi connectivity index (χ4v) is 4.72. The second kappa shape index (κ2) is 7.41. The van der Waals surface area contributed by atoms with E-state index in [2.05, 4.69) is 69.4 Å². The monoisotopic (exact) mass is 357 g/mol. The van der Waals surface area contributed by atoms with Crippen LogP contribution in [0.5, 0.6) is 0 Å². The number of fused-ring (bicyclic) bond motifs is 1. The Bertz CT molecular complexity index is 849. The summed E-state index contributed by atoms with van der Waals surface area (Å²) in [5.74, 6) is 0. The largest absolute Gasteiger partial charge is 0.293 e. The highest BCUT2D eigenvalue weighted by Gasteiger charge is 2.38. The standard InChI is InChI=1S/C24H27N3/c1-3-7-19(8-4-1)24(20-9-5-2-6-10-20)27-17-23(18-27)26-14-12-21-15-25-13-11-22(21)16-26/h1,3-5,7-11,13,15,23-24H,2,6,12,14,16-18H2.